The molecule has 2 nitrogen and oxygen atoms in total. The van der Waals surface area contributed by atoms with Crippen molar-refractivity contribution in [3.8, 4) is 28.7 Å². The standard InChI is InChI=1S/C24H28O2Si2/c1-27(2,3)15-13-20-7-10-22(14-16-28(4,5)6)23(17-20)19-26-24-11-8-21(18-25)9-12-24/h7-12,17-18H,19H2,1-6H3. The van der Waals surface area contributed by atoms with Crippen molar-refractivity contribution >= 4 is 22.4 Å². The van der Waals surface area contributed by atoms with Gasteiger partial charge in [-0.1, -0.05) is 51.1 Å². The van der Waals surface area contributed by atoms with Crippen molar-refractivity contribution in [2.24, 2.45) is 0 Å². The van der Waals surface area contributed by atoms with Crippen LogP contribution in [-0.4, -0.2) is 22.4 Å². The van der Waals surface area contributed by atoms with Crippen LogP contribution in [0, 0.1) is 22.9 Å². The fourth-order valence-electron chi connectivity index (χ4n) is 2.23. The number of carbonyl (C=O) groups excluding carboxylic acids is 1. The molecule has 2 rings (SSSR count). The highest BCUT2D eigenvalue weighted by molar-refractivity contribution is 6.84. The highest BCUT2D eigenvalue weighted by atomic mass is 28.3. The molecule has 4 heteroatoms. The van der Waals surface area contributed by atoms with Gasteiger partial charge in [0, 0.05) is 22.3 Å². The van der Waals surface area contributed by atoms with E-state index in [0.29, 0.717) is 12.2 Å². The first-order valence-corrected chi connectivity index (χ1v) is 16.4. The van der Waals surface area contributed by atoms with Crippen LogP contribution in [0.25, 0.3) is 0 Å². The van der Waals surface area contributed by atoms with Gasteiger partial charge in [-0.3, -0.25) is 4.79 Å². The topological polar surface area (TPSA) is 26.3 Å². The van der Waals surface area contributed by atoms with Crippen molar-refractivity contribution in [1.82, 2.24) is 0 Å². The van der Waals surface area contributed by atoms with E-state index in [9.17, 15) is 4.79 Å². The van der Waals surface area contributed by atoms with E-state index in [2.05, 4.69) is 74.3 Å². The third-order valence-corrected chi connectivity index (χ3v) is 5.42. The third-order valence-electron chi connectivity index (χ3n) is 3.67. The van der Waals surface area contributed by atoms with E-state index in [1.807, 2.05) is 18.2 Å². The molecular formula is C24H28O2Si2. The minimum absolute atomic E-state index is 0.415. The Morgan fingerprint density at radius 2 is 1.46 bits per heavy atom. The summed E-state index contributed by atoms with van der Waals surface area (Å²) in [6.45, 7) is 13.8. The molecule has 144 valence electrons. The average molecular weight is 405 g/mol. The molecule has 0 atom stereocenters. The van der Waals surface area contributed by atoms with Gasteiger partial charge in [-0.05, 0) is 42.5 Å². The van der Waals surface area contributed by atoms with E-state index < -0.39 is 16.1 Å². The van der Waals surface area contributed by atoms with Gasteiger partial charge < -0.3 is 4.74 Å². The van der Waals surface area contributed by atoms with Crippen LogP contribution >= 0.6 is 0 Å². The minimum atomic E-state index is -1.47. The van der Waals surface area contributed by atoms with Crippen LogP contribution < -0.4 is 4.74 Å². The van der Waals surface area contributed by atoms with Crippen molar-refractivity contribution in [3.63, 3.8) is 0 Å². The van der Waals surface area contributed by atoms with Crippen molar-refractivity contribution < 1.29 is 9.53 Å². The van der Waals surface area contributed by atoms with E-state index in [1.54, 1.807) is 12.1 Å². The molecule has 0 fully saturated rings. The van der Waals surface area contributed by atoms with Crippen molar-refractivity contribution in [2.45, 2.75) is 45.9 Å². The zero-order chi connectivity index (χ0) is 20.8. The Kier molecular flexibility index (Phi) is 7.07. The van der Waals surface area contributed by atoms with Gasteiger partial charge in [-0.2, -0.15) is 0 Å². The molecule has 0 radical (unpaired) electrons. The molecule has 0 aromatic heterocycles. The summed E-state index contributed by atoms with van der Waals surface area (Å²) < 4.78 is 5.95. The van der Waals surface area contributed by atoms with Crippen molar-refractivity contribution in [2.75, 3.05) is 0 Å². The number of carbonyl (C=O) groups is 1. The molecule has 2 aromatic carbocycles. The molecule has 0 unspecified atom stereocenters. The van der Waals surface area contributed by atoms with Gasteiger partial charge in [0.05, 0.1) is 0 Å². The first-order valence-electron chi connectivity index (χ1n) is 9.43. The van der Waals surface area contributed by atoms with Crippen LogP contribution in [0.2, 0.25) is 39.3 Å². The maximum Gasteiger partial charge on any atom is 0.150 e. The molecule has 0 aliphatic carbocycles. The molecule has 0 aliphatic rings. The summed E-state index contributed by atoms with van der Waals surface area (Å²) in [4.78, 5) is 10.8. The summed E-state index contributed by atoms with van der Waals surface area (Å²) in [6, 6.07) is 13.3. The second-order valence-corrected chi connectivity index (χ2v) is 18.3. The van der Waals surface area contributed by atoms with Crippen molar-refractivity contribution in [1.29, 1.82) is 0 Å². The molecule has 0 aliphatic heterocycles. The Bertz CT molecular complexity index is 955. The third kappa shape index (κ3) is 7.60. The molecule has 0 heterocycles. The molecule has 28 heavy (non-hydrogen) atoms. The average Bonchev–Trinajstić information content (AvgIpc) is 2.62. The summed E-state index contributed by atoms with van der Waals surface area (Å²) in [6.07, 6.45) is 0.828. The lowest BCUT2D eigenvalue weighted by atomic mass is 10.1. The van der Waals surface area contributed by atoms with Crippen molar-refractivity contribution in [3.05, 3.63) is 64.7 Å². The van der Waals surface area contributed by atoms with Crippen LogP contribution in [0.4, 0.5) is 0 Å². The second-order valence-electron chi connectivity index (χ2n) is 8.85. The molecule has 0 bridgehead atoms. The molecule has 2 aromatic rings. The van der Waals surface area contributed by atoms with Gasteiger partial charge in [0.1, 0.15) is 34.8 Å². The summed E-state index contributed by atoms with van der Waals surface area (Å²) in [5.41, 5.74) is 10.5. The van der Waals surface area contributed by atoms with Gasteiger partial charge in [0.25, 0.3) is 0 Å². The lowest BCUT2D eigenvalue weighted by Crippen LogP contribution is -2.16. The van der Waals surface area contributed by atoms with E-state index >= 15 is 0 Å². The summed E-state index contributed by atoms with van der Waals surface area (Å²) in [5, 5.41) is 0. The zero-order valence-electron chi connectivity index (χ0n) is 17.6. The Balaban J connectivity index is 2.32. The molecule has 0 amide bonds. The van der Waals surface area contributed by atoms with E-state index in [4.69, 9.17) is 4.74 Å². The lowest BCUT2D eigenvalue weighted by Gasteiger charge is -2.10. The van der Waals surface area contributed by atoms with Crippen LogP contribution in [0.15, 0.2) is 42.5 Å². The maximum absolute atomic E-state index is 10.8. The first kappa shape index (κ1) is 21.8. The summed E-state index contributed by atoms with van der Waals surface area (Å²) >= 11 is 0. The summed E-state index contributed by atoms with van der Waals surface area (Å²) in [7, 11) is -2.91. The van der Waals surface area contributed by atoms with Crippen LogP contribution in [0.3, 0.4) is 0 Å². The second kappa shape index (κ2) is 9.10. The highest BCUT2D eigenvalue weighted by Crippen LogP contribution is 2.17. The predicted octanol–water partition coefficient (Wildman–Crippen LogP) is 5.54. The Morgan fingerprint density at radius 3 is 2.04 bits per heavy atom. The lowest BCUT2D eigenvalue weighted by molar-refractivity contribution is 0.112. The molecule has 0 spiro atoms. The predicted molar refractivity (Wildman–Crippen MR) is 123 cm³/mol. The number of aldehydes is 1. The number of benzene rings is 2. The quantitative estimate of drug-likeness (QED) is 0.380. The monoisotopic (exact) mass is 404 g/mol. The molecule has 0 saturated heterocycles. The fourth-order valence-corrected chi connectivity index (χ4v) is 3.26. The van der Waals surface area contributed by atoms with Gasteiger partial charge >= 0.3 is 0 Å². The number of hydrogen-bond donors (Lipinski definition) is 0. The summed E-state index contributed by atoms with van der Waals surface area (Å²) in [5.74, 6) is 7.40. The molecular weight excluding hydrogens is 376 g/mol. The highest BCUT2D eigenvalue weighted by Gasteiger charge is 2.10. The Labute approximate surface area is 171 Å². The van der Waals surface area contributed by atoms with E-state index in [-0.39, 0.29) is 0 Å². The van der Waals surface area contributed by atoms with Gasteiger partial charge in [0.2, 0.25) is 0 Å². The number of ether oxygens (including phenoxy) is 1. The minimum Gasteiger partial charge on any atom is -0.489 e. The molecule has 0 N–H and O–H groups in total. The van der Waals surface area contributed by atoms with Crippen LogP contribution in [0.1, 0.15) is 27.0 Å². The van der Waals surface area contributed by atoms with E-state index in [1.165, 1.54) is 0 Å². The molecule has 0 saturated carbocycles. The van der Waals surface area contributed by atoms with Crippen LogP contribution in [0.5, 0.6) is 5.75 Å². The number of hydrogen-bond acceptors (Lipinski definition) is 2. The maximum atomic E-state index is 10.8. The van der Waals surface area contributed by atoms with E-state index in [0.717, 1.165) is 28.7 Å². The normalized spacial score (nSPS) is 10.9. The Hall–Kier alpha value is -2.54. The first-order chi connectivity index (χ1) is 13.1. The largest absolute Gasteiger partial charge is 0.489 e. The number of rotatable bonds is 4. The smallest absolute Gasteiger partial charge is 0.150 e. The fraction of sp³-hybridized carbons (Fsp3) is 0.292. The van der Waals surface area contributed by atoms with Gasteiger partial charge in [-0.15, -0.1) is 11.1 Å². The van der Waals surface area contributed by atoms with Crippen LogP contribution in [-0.2, 0) is 6.61 Å². The van der Waals surface area contributed by atoms with Gasteiger partial charge in [-0.25, -0.2) is 0 Å². The van der Waals surface area contributed by atoms with Gasteiger partial charge in [0.15, 0.2) is 0 Å². The zero-order valence-corrected chi connectivity index (χ0v) is 19.6. The Morgan fingerprint density at radius 1 is 0.857 bits per heavy atom. The SMILES string of the molecule is C[Si](C)(C)C#Cc1ccc(C#C[Si](C)(C)C)c(COc2ccc(C=O)cc2)c1.